The molecule has 0 saturated heterocycles. The van der Waals surface area contributed by atoms with Gasteiger partial charge in [0.25, 0.3) is 0 Å². The summed E-state index contributed by atoms with van der Waals surface area (Å²) in [5, 5.41) is 0. The van der Waals surface area contributed by atoms with Crippen LogP contribution >= 0.6 is 0 Å². The lowest BCUT2D eigenvalue weighted by Crippen LogP contribution is -2.10. The molecule has 17 heavy (non-hydrogen) atoms. The SMILES string of the molecule is CCCCCOCCC(C)COCCCCC. The summed E-state index contributed by atoms with van der Waals surface area (Å²) in [6, 6.07) is 0. The standard InChI is InChI=1S/C15H32O2/c1-4-6-8-11-16-13-10-15(3)14-17-12-9-7-5-2/h15H,4-14H2,1-3H3. The van der Waals surface area contributed by atoms with Crippen LogP contribution < -0.4 is 0 Å². The molecule has 0 heterocycles. The lowest BCUT2D eigenvalue weighted by molar-refractivity contribution is 0.0729. The van der Waals surface area contributed by atoms with E-state index in [0.717, 1.165) is 32.8 Å². The summed E-state index contributed by atoms with van der Waals surface area (Å²) in [5.41, 5.74) is 0. The topological polar surface area (TPSA) is 18.5 Å². The van der Waals surface area contributed by atoms with E-state index in [-0.39, 0.29) is 0 Å². The molecule has 0 aromatic carbocycles. The van der Waals surface area contributed by atoms with E-state index in [2.05, 4.69) is 20.8 Å². The fourth-order valence-corrected chi connectivity index (χ4v) is 1.66. The fourth-order valence-electron chi connectivity index (χ4n) is 1.66. The maximum Gasteiger partial charge on any atom is 0.0492 e. The zero-order chi connectivity index (χ0) is 12.8. The molecule has 0 bridgehead atoms. The van der Waals surface area contributed by atoms with Crippen LogP contribution in [0.1, 0.15) is 65.7 Å². The van der Waals surface area contributed by atoms with Crippen LogP contribution in [-0.2, 0) is 9.47 Å². The predicted octanol–water partition coefficient (Wildman–Crippen LogP) is 4.43. The first kappa shape index (κ1) is 16.9. The quantitative estimate of drug-likeness (QED) is 0.446. The van der Waals surface area contributed by atoms with Gasteiger partial charge in [0.05, 0.1) is 0 Å². The van der Waals surface area contributed by atoms with Crippen LogP contribution in [0.15, 0.2) is 0 Å². The lowest BCUT2D eigenvalue weighted by atomic mass is 10.1. The van der Waals surface area contributed by atoms with Crippen LogP contribution in [0, 0.1) is 5.92 Å². The van der Waals surface area contributed by atoms with Crippen LogP contribution in [0.25, 0.3) is 0 Å². The van der Waals surface area contributed by atoms with Crippen LogP contribution in [0.5, 0.6) is 0 Å². The number of ether oxygens (including phenoxy) is 2. The lowest BCUT2D eigenvalue weighted by Gasteiger charge is -2.12. The van der Waals surface area contributed by atoms with Gasteiger partial charge in [-0.25, -0.2) is 0 Å². The Morgan fingerprint density at radius 2 is 1.35 bits per heavy atom. The second-order valence-electron chi connectivity index (χ2n) is 5.00. The molecule has 1 unspecified atom stereocenters. The summed E-state index contributed by atoms with van der Waals surface area (Å²) < 4.78 is 11.2. The molecule has 0 aliphatic carbocycles. The second-order valence-corrected chi connectivity index (χ2v) is 5.00. The van der Waals surface area contributed by atoms with Crippen molar-refractivity contribution < 1.29 is 9.47 Å². The van der Waals surface area contributed by atoms with E-state index in [1.165, 1.54) is 38.5 Å². The van der Waals surface area contributed by atoms with E-state index in [1.54, 1.807) is 0 Å². The minimum absolute atomic E-state index is 0.628. The molecule has 0 aromatic rings. The van der Waals surface area contributed by atoms with Gasteiger partial charge in [0.15, 0.2) is 0 Å². The van der Waals surface area contributed by atoms with Gasteiger partial charge in [0, 0.05) is 26.4 Å². The Morgan fingerprint density at radius 1 is 0.765 bits per heavy atom. The average molecular weight is 244 g/mol. The highest BCUT2D eigenvalue weighted by Crippen LogP contribution is 2.04. The minimum atomic E-state index is 0.628. The van der Waals surface area contributed by atoms with Gasteiger partial charge in [0.1, 0.15) is 0 Å². The van der Waals surface area contributed by atoms with E-state index in [1.807, 2.05) is 0 Å². The third kappa shape index (κ3) is 13.9. The molecule has 0 fully saturated rings. The Balaban J connectivity index is 3.09. The molecule has 0 spiro atoms. The summed E-state index contributed by atoms with van der Waals surface area (Å²) in [7, 11) is 0. The van der Waals surface area contributed by atoms with Crippen LogP contribution in [0.4, 0.5) is 0 Å². The molecular weight excluding hydrogens is 212 g/mol. The molecule has 1 atom stereocenters. The molecule has 2 nitrogen and oxygen atoms in total. The van der Waals surface area contributed by atoms with Crippen molar-refractivity contribution in [1.82, 2.24) is 0 Å². The van der Waals surface area contributed by atoms with E-state index in [4.69, 9.17) is 9.47 Å². The summed E-state index contributed by atoms with van der Waals surface area (Å²) in [4.78, 5) is 0. The first-order valence-corrected chi connectivity index (χ1v) is 7.46. The Labute approximate surface area is 108 Å². The maximum atomic E-state index is 5.64. The average Bonchev–Trinajstić information content (AvgIpc) is 2.33. The van der Waals surface area contributed by atoms with Gasteiger partial charge in [-0.05, 0) is 25.2 Å². The van der Waals surface area contributed by atoms with E-state index in [0.29, 0.717) is 5.92 Å². The van der Waals surface area contributed by atoms with Gasteiger partial charge in [-0.15, -0.1) is 0 Å². The molecular formula is C15H32O2. The summed E-state index contributed by atoms with van der Waals surface area (Å²) in [6.07, 6.45) is 8.65. The molecule has 0 saturated carbocycles. The van der Waals surface area contributed by atoms with Crippen molar-refractivity contribution >= 4 is 0 Å². The van der Waals surface area contributed by atoms with Gasteiger partial charge in [-0.1, -0.05) is 46.5 Å². The van der Waals surface area contributed by atoms with Crippen molar-refractivity contribution in [2.24, 2.45) is 5.92 Å². The predicted molar refractivity (Wildman–Crippen MR) is 74.5 cm³/mol. The van der Waals surface area contributed by atoms with Crippen molar-refractivity contribution in [2.75, 3.05) is 26.4 Å². The molecule has 0 aliphatic heterocycles. The highest BCUT2D eigenvalue weighted by Gasteiger charge is 2.02. The smallest absolute Gasteiger partial charge is 0.0492 e. The highest BCUT2D eigenvalue weighted by molar-refractivity contribution is 4.51. The van der Waals surface area contributed by atoms with Gasteiger partial charge in [-0.3, -0.25) is 0 Å². The molecule has 0 N–H and O–H groups in total. The van der Waals surface area contributed by atoms with Gasteiger partial charge < -0.3 is 9.47 Å². The molecule has 0 amide bonds. The Hall–Kier alpha value is -0.0800. The first-order valence-electron chi connectivity index (χ1n) is 7.46. The zero-order valence-electron chi connectivity index (χ0n) is 12.2. The summed E-state index contributed by atoms with van der Waals surface area (Å²) in [6.45, 7) is 10.3. The summed E-state index contributed by atoms with van der Waals surface area (Å²) in [5.74, 6) is 0.628. The van der Waals surface area contributed by atoms with E-state index >= 15 is 0 Å². The highest BCUT2D eigenvalue weighted by atomic mass is 16.5. The van der Waals surface area contributed by atoms with Crippen LogP contribution in [-0.4, -0.2) is 26.4 Å². The van der Waals surface area contributed by atoms with Gasteiger partial charge in [-0.2, -0.15) is 0 Å². The fraction of sp³-hybridized carbons (Fsp3) is 1.00. The first-order chi connectivity index (χ1) is 8.31. The molecule has 0 radical (unpaired) electrons. The molecule has 2 heteroatoms. The number of hydrogen-bond acceptors (Lipinski definition) is 2. The van der Waals surface area contributed by atoms with Crippen molar-refractivity contribution in [1.29, 1.82) is 0 Å². The van der Waals surface area contributed by atoms with Crippen LogP contribution in [0.2, 0.25) is 0 Å². The molecule has 0 aliphatic rings. The number of unbranched alkanes of at least 4 members (excludes halogenated alkanes) is 4. The molecule has 0 aromatic heterocycles. The van der Waals surface area contributed by atoms with Crippen molar-refractivity contribution in [3.8, 4) is 0 Å². The van der Waals surface area contributed by atoms with Crippen molar-refractivity contribution in [3.63, 3.8) is 0 Å². The van der Waals surface area contributed by atoms with Crippen LogP contribution in [0.3, 0.4) is 0 Å². The number of hydrogen-bond donors (Lipinski definition) is 0. The third-order valence-corrected chi connectivity index (χ3v) is 2.94. The Morgan fingerprint density at radius 3 is 1.94 bits per heavy atom. The van der Waals surface area contributed by atoms with E-state index in [9.17, 15) is 0 Å². The monoisotopic (exact) mass is 244 g/mol. The molecule has 104 valence electrons. The Kier molecular flexibility index (Phi) is 13.9. The van der Waals surface area contributed by atoms with E-state index < -0.39 is 0 Å². The number of rotatable bonds is 13. The third-order valence-electron chi connectivity index (χ3n) is 2.94. The zero-order valence-corrected chi connectivity index (χ0v) is 12.2. The normalized spacial score (nSPS) is 12.9. The summed E-state index contributed by atoms with van der Waals surface area (Å²) >= 11 is 0. The van der Waals surface area contributed by atoms with Gasteiger partial charge >= 0.3 is 0 Å². The second kappa shape index (κ2) is 14.0. The maximum absolute atomic E-state index is 5.64. The minimum Gasteiger partial charge on any atom is -0.381 e. The Bertz CT molecular complexity index is 137. The van der Waals surface area contributed by atoms with Crippen molar-refractivity contribution in [3.05, 3.63) is 0 Å². The largest absolute Gasteiger partial charge is 0.381 e. The van der Waals surface area contributed by atoms with Gasteiger partial charge in [0.2, 0.25) is 0 Å². The van der Waals surface area contributed by atoms with Crippen molar-refractivity contribution in [2.45, 2.75) is 65.7 Å². The molecule has 0 rings (SSSR count).